The Kier molecular flexibility index (Phi) is 4.85. The molecule has 1 aliphatic carbocycles. The van der Waals surface area contributed by atoms with E-state index in [2.05, 4.69) is 24.8 Å². The van der Waals surface area contributed by atoms with E-state index in [0.29, 0.717) is 0 Å². The molecular formula is C16H30N2. The van der Waals surface area contributed by atoms with Gasteiger partial charge in [-0.05, 0) is 65.5 Å². The quantitative estimate of drug-likeness (QED) is 0.777. The number of hydrogen-bond acceptors (Lipinski definition) is 2. The Hall–Kier alpha value is -0.340. The van der Waals surface area contributed by atoms with E-state index in [-0.39, 0.29) is 11.6 Å². The number of rotatable bonds is 3. The first kappa shape index (κ1) is 14.1. The van der Waals surface area contributed by atoms with Crippen LogP contribution in [0.1, 0.15) is 65.2 Å². The van der Waals surface area contributed by atoms with Crippen molar-refractivity contribution in [2.24, 2.45) is 5.73 Å². The maximum atomic E-state index is 6.62. The SMILES string of the molecule is CC(C)(C(N)C1=CCCCCC1)N1CCCCC1. The van der Waals surface area contributed by atoms with E-state index in [1.165, 1.54) is 70.0 Å². The van der Waals surface area contributed by atoms with Crippen LogP contribution in [-0.4, -0.2) is 29.6 Å². The van der Waals surface area contributed by atoms with Gasteiger partial charge >= 0.3 is 0 Å². The number of nitrogens with zero attached hydrogens (tertiary/aromatic N) is 1. The molecule has 0 aromatic carbocycles. The molecule has 0 aromatic heterocycles. The number of piperidine rings is 1. The highest BCUT2D eigenvalue weighted by Gasteiger charge is 2.35. The molecule has 104 valence electrons. The zero-order chi connectivity index (χ0) is 13.0. The Bertz CT molecular complexity index is 287. The first-order valence-electron chi connectivity index (χ1n) is 7.82. The molecule has 1 saturated heterocycles. The summed E-state index contributed by atoms with van der Waals surface area (Å²) in [5, 5.41) is 0. The number of nitrogens with two attached hydrogens (primary N) is 1. The molecule has 1 unspecified atom stereocenters. The predicted molar refractivity (Wildman–Crippen MR) is 78.6 cm³/mol. The fourth-order valence-electron chi connectivity index (χ4n) is 3.44. The third kappa shape index (κ3) is 3.16. The van der Waals surface area contributed by atoms with Gasteiger partial charge in [-0.1, -0.05) is 24.5 Å². The van der Waals surface area contributed by atoms with Crippen LogP contribution in [-0.2, 0) is 0 Å². The standard InChI is InChI=1S/C16H30N2/c1-16(2,18-12-8-5-9-13-18)15(17)14-10-6-3-4-7-11-14/h10,15H,3-9,11-13,17H2,1-2H3. The summed E-state index contributed by atoms with van der Waals surface area (Å²) >= 11 is 0. The highest BCUT2D eigenvalue weighted by molar-refractivity contribution is 5.18. The van der Waals surface area contributed by atoms with Crippen LogP contribution in [0.2, 0.25) is 0 Å². The van der Waals surface area contributed by atoms with Crippen LogP contribution >= 0.6 is 0 Å². The highest BCUT2D eigenvalue weighted by Crippen LogP contribution is 2.29. The van der Waals surface area contributed by atoms with Crippen molar-refractivity contribution < 1.29 is 0 Å². The lowest BCUT2D eigenvalue weighted by atomic mass is 9.84. The average molecular weight is 250 g/mol. The van der Waals surface area contributed by atoms with E-state index in [4.69, 9.17) is 5.73 Å². The molecule has 0 aromatic rings. The van der Waals surface area contributed by atoms with Crippen molar-refractivity contribution in [3.63, 3.8) is 0 Å². The average Bonchev–Trinajstić information content (AvgIpc) is 2.67. The number of allylic oxidation sites excluding steroid dienone is 1. The van der Waals surface area contributed by atoms with E-state index in [0.717, 1.165) is 0 Å². The van der Waals surface area contributed by atoms with Gasteiger partial charge in [-0.3, -0.25) is 4.90 Å². The molecule has 1 atom stereocenters. The lowest BCUT2D eigenvalue weighted by Gasteiger charge is -2.45. The monoisotopic (exact) mass is 250 g/mol. The van der Waals surface area contributed by atoms with Crippen molar-refractivity contribution in [3.8, 4) is 0 Å². The normalized spacial score (nSPS) is 25.4. The summed E-state index contributed by atoms with van der Waals surface area (Å²) in [4.78, 5) is 2.62. The molecule has 2 rings (SSSR count). The summed E-state index contributed by atoms with van der Waals surface area (Å²) in [7, 11) is 0. The minimum Gasteiger partial charge on any atom is -0.323 e. The minimum atomic E-state index is 0.122. The molecule has 1 heterocycles. The van der Waals surface area contributed by atoms with Gasteiger partial charge in [-0.2, -0.15) is 0 Å². The van der Waals surface area contributed by atoms with Gasteiger partial charge < -0.3 is 5.73 Å². The van der Waals surface area contributed by atoms with Crippen molar-refractivity contribution in [1.82, 2.24) is 4.90 Å². The Morgan fingerprint density at radius 2 is 1.72 bits per heavy atom. The van der Waals surface area contributed by atoms with Crippen molar-refractivity contribution >= 4 is 0 Å². The van der Waals surface area contributed by atoms with Crippen molar-refractivity contribution in [3.05, 3.63) is 11.6 Å². The second kappa shape index (κ2) is 6.21. The lowest BCUT2D eigenvalue weighted by Crippen LogP contribution is -2.58. The topological polar surface area (TPSA) is 29.3 Å². The van der Waals surface area contributed by atoms with Crippen LogP contribution in [0.25, 0.3) is 0 Å². The highest BCUT2D eigenvalue weighted by atomic mass is 15.2. The Morgan fingerprint density at radius 1 is 1.06 bits per heavy atom. The summed E-state index contributed by atoms with van der Waals surface area (Å²) < 4.78 is 0. The van der Waals surface area contributed by atoms with Crippen molar-refractivity contribution in [2.75, 3.05) is 13.1 Å². The molecule has 0 saturated carbocycles. The number of hydrogen-bond donors (Lipinski definition) is 1. The number of likely N-dealkylation sites (tertiary alicyclic amines) is 1. The van der Waals surface area contributed by atoms with Crippen LogP contribution in [0.5, 0.6) is 0 Å². The van der Waals surface area contributed by atoms with Gasteiger partial charge in [0.1, 0.15) is 0 Å². The Morgan fingerprint density at radius 3 is 2.44 bits per heavy atom. The first-order chi connectivity index (χ1) is 8.62. The maximum Gasteiger partial charge on any atom is 0.0435 e. The van der Waals surface area contributed by atoms with Crippen LogP contribution in [0, 0.1) is 0 Å². The summed E-state index contributed by atoms with van der Waals surface area (Å²) in [6.45, 7) is 7.14. The second-order valence-corrected chi connectivity index (χ2v) is 6.56. The van der Waals surface area contributed by atoms with E-state index in [1.54, 1.807) is 0 Å². The van der Waals surface area contributed by atoms with Crippen LogP contribution in [0.4, 0.5) is 0 Å². The van der Waals surface area contributed by atoms with Gasteiger partial charge in [-0.15, -0.1) is 0 Å². The molecule has 0 bridgehead atoms. The van der Waals surface area contributed by atoms with Gasteiger partial charge in [0, 0.05) is 11.6 Å². The van der Waals surface area contributed by atoms with Gasteiger partial charge in [0.25, 0.3) is 0 Å². The largest absolute Gasteiger partial charge is 0.323 e. The zero-order valence-electron chi connectivity index (χ0n) is 12.3. The third-order valence-corrected chi connectivity index (χ3v) is 4.91. The van der Waals surface area contributed by atoms with Crippen LogP contribution in [0.15, 0.2) is 11.6 Å². The van der Waals surface area contributed by atoms with Crippen molar-refractivity contribution in [1.29, 1.82) is 0 Å². The van der Waals surface area contributed by atoms with Crippen LogP contribution in [0.3, 0.4) is 0 Å². The Balaban J connectivity index is 2.04. The Labute approximate surface area is 113 Å². The summed E-state index contributed by atoms with van der Waals surface area (Å²) in [5.74, 6) is 0. The van der Waals surface area contributed by atoms with Crippen molar-refractivity contribution in [2.45, 2.75) is 76.8 Å². The fourth-order valence-corrected chi connectivity index (χ4v) is 3.44. The van der Waals surface area contributed by atoms with E-state index >= 15 is 0 Å². The van der Waals surface area contributed by atoms with E-state index < -0.39 is 0 Å². The molecule has 2 nitrogen and oxygen atoms in total. The molecule has 2 N–H and O–H groups in total. The molecule has 2 aliphatic rings. The van der Waals surface area contributed by atoms with E-state index in [1.807, 2.05) is 0 Å². The minimum absolute atomic E-state index is 0.122. The molecule has 1 aliphatic heterocycles. The van der Waals surface area contributed by atoms with Gasteiger partial charge in [0.05, 0.1) is 0 Å². The van der Waals surface area contributed by atoms with E-state index in [9.17, 15) is 0 Å². The molecule has 0 amide bonds. The molecular weight excluding hydrogens is 220 g/mol. The molecule has 0 spiro atoms. The van der Waals surface area contributed by atoms with Gasteiger partial charge in [0.2, 0.25) is 0 Å². The van der Waals surface area contributed by atoms with Crippen LogP contribution < -0.4 is 5.73 Å². The summed E-state index contributed by atoms with van der Waals surface area (Å²) in [6.07, 6.45) is 13.0. The smallest absolute Gasteiger partial charge is 0.0435 e. The van der Waals surface area contributed by atoms with Gasteiger partial charge in [0.15, 0.2) is 0 Å². The zero-order valence-corrected chi connectivity index (χ0v) is 12.3. The molecule has 0 radical (unpaired) electrons. The third-order valence-electron chi connectivity index (χ3n) is 4.91. The summed E-state index contributed by atoms with van der Waals surface area (Å²) in [5.41, 5.74) is 8.25. The first-order valence-corrected chi connectivity index (χ1v) is 7.82. The summed E-state index contributed by atoms with van der Waals surface area (Å²) in [6, 6.07) is 0.216. The molecule has 1 fully saturated rings. The second-order valence-electron chi connectivity index (χ2n) is 6.56. The van der Waals surface area contributed by atoms with Gasteiger partial charge in [-0.25, -0.2) is 0 Å². The lowest BCUT2D eigenvalue weighted by molar-refractivity contribution is 0.0814. The molecule has 2 heteroatoms. The predicted octanol–water partition coefficient (Wildman–Crippen LogP) is 3.47. The molecule has 18 heavy (non-hydrogen) atoms. The fraction of sp³-hybridized carbons (Fsp3) is 0.875. The maximum absolute atomic E-state index is 6.62.